The summed E-state index contributed by atoms with van der Waals surface area (Å²) >= 11 is 0. The van der Waals surface area contributed by atoms with Gasteiger partial charge in [-0.25, -0.2) is 4.79 Å². The van der Waals surface area contributed by atoms with Crippen molar-refractivity contribution in [1.29, 1.82) is 0 Å². The largest absolute Gasteiger partial charge is 0.476 e. The van der Waals surface area contributed by atoms with E-state index in [1.54, 1.807) is 4.68 Å². The Morgan fingerprint density at radius 2 is 2.32 bits per heavy atom. The highest BCUT2D eigenvalue weighted by atomic mass is 16.4. The van der Waals surface area contributed by atoms with Crippen molar-refractivity contribution in [3.8, 4) is 0 Å². The summed E-state index contributed by atoms with van der Waals surface area (Å²) in [5, 5.41) is 16.5. The van der Waals surface area contributed by atoms with Crippen LogP contribution in [0.4, 0.5) is 6.01 Å². The average Bonchev–Trinajstić information content (AvgIpc) is 3.21. The lowest BCUT2D eigenvalue weighted by Gasteiger charge is -2.31. The number of carboxylic acid groups (broad SMARTS) is 1. The molecule has 2 aromatic heterocycles. The van der Waals surface area contributed by atoms with Gasteiger partial charge in [0.15, 0.2) is 11.3 Å². The van der Waals surface area contributed by atoms with Crippen LogP contribution in [0.2, 0.25) is 0 Å². The van der Waals surface area contributed by atoms with E-state index >= 15 is 0 Å². The Morgan fingerprint density at radius 3 is 3.12 bits per heavy atom. The molecule has 0 radical (unpaired) electrons. The topological polar surface area (TPSA) is 97.3 Å². The van der Waals surface area contributed by atoms with Crippen LogP contribution in [0.25, 0.3) is 11.1 Å². The third-order valence-electron chi connectivity index (χ3n) is 4.52. The van der Waals surface area contributed by atoms with Crippen LogP contribution in [0.1, 0.15) is 28.9 Å². The van der Waals surface area contributed by atoms with Gasteiger partial charge in [0.25, 0.3) is 6.01 Å². The number of oxazole rings is 1. The molecule has 8 nitrogen and oxygen atoms in total. The standard InChI is InChI=1S/C17H19N5O3/c1-11-4-5-15-13(7-11)18-17(25-15)21-6-2-3-12(8-21)9-22-10-14(16(23)24)19-20-22/h4-5,7,10,12H,2-3,6,8-9H2,1H3,(H,23,24). The number of hydrogen-bond donors (Lipinski definition) is 1. The maximum absolute atomic E-state index is 10.9. The van der Waals surface area contributed by atoms with Crippen molar-refractivity contribution < 1.29 is 14.3 Å². The smallest absolute Gasteiger partial charge is 0.358 e. The van der Waals surface area contributed by atoms with Crippen LogP contribution in [0.3, 0.4) is 0 Å². The van der Waals surface area contributed by atoms with Crippen molar-refractivity contribution >= 4 is 23.1 Å². The summed E-state index contributed by atoms with van der Waals surface area (Å²) in [6.45, 7) is 4.37. The first-order chi connectivity index (χ1) is 12.1. The second-order valence-corrected chi connectivity index (χ2v) is 6.55. The van der Waals surface area contributed by atoms with Gasteiger partial charge in [-0.3, -0.25) is 4.68 Å². The van der Waals surface area contributed by atoms with Crippen molar-refractivity contribution in [3.63, 3.8) is 0 Å². The van der Waals surface area contributed by atoms with E-state index in [9.17, 15) is 4.79 Å². The average molecular weight is 341 g/mol. The van der Waals surface area contributed by atoms with E-state index in [2.05, 4.69) is 20.2 Å². The van der Waals surface area contributed by atoms with Crippen molar-refractivity contribution in [3.05, 3.63) is 35.7 Å². The first kappa shape index (κ1) is 15.6. The number of rotatable bonds is 4. The Kier molecular flexibility index (Phi) is 3.87. The molecule has 0 aliphatic carbocycles. The van der Waals surface area contributed by atoms with Gasteiger partial charge in [0.1, 0.15) is 5.52 Å². The Labute approximate surface area is 144 Å². The summed E-state index contributed by atoms with van der Waals surface area (Å²) in [5.74, 6) is -0.716. The van der Waals surface area contributed by atoms with Crippen molar-refractivity contribution in [2.45, 2.75) is 26.3 Å². The number of carboxylic acids is 1. The molecule has 1 aliphatic heterocycles. The van der Waals surface area contributed by atoms with Gasteiger partial charge < -0.3 is 14.4 Å². The summed E-state index contributed by atoms with van der Waals surface area (Å²) in [5.41, 5.74) is 2.80. The Morgan fingerprint density at radius 1 is 1.44 bits per heavy atom. The van der Waals surface area contributed by atoms with Gasteiger partial charge in [-0.1, -0.05) is 11.3 Å². The number of carbonyl (C=O) groups is 1. The minimum atomic E-state index is -1.06. The molecule has 8 heteroatoms. The number of aryl methyl sites for hydroxylation is 1. The van der Waals surface area contributed by atoms with Gasteiger partial charge in [-0.15, -0.1) is 5.10 Å². The Balaban J connectivity index is 1.48. The van der Waals surface area contributed by atoms with Crippen LogP contribution in [-0.2, 0) is 6.54 Å². The van der Waals surface area contributed by atoms with Gasteiger partial charge in [0.2, 0.25) is 0 Å². The van der Waals surface area contributed by atoms with E-state index in [1.807, 2.05) is 25.1 Å². The first-order valence-corrected chi connectivity index (χ1v) is 8.34. The van der Waals surface area contributed by atoms with E-state index in [-0.39, 0.29) is 5.69 Å². The molecule has 3 aromatic rings. The summed E-state index contributed by atoms with van der Waals surface area (Å²) < 4.78 is 7.50. The van der Waals surface area contributed by atoms with Crippen LogP contribution in [0.15, 0.2) is 28.8 Å². The molecular weight excluding hydrogens is 322 g/mol. The lowest BCUT2D eigenvalue weighted by Crippen LogP contribution is -2.37. The molecule has 1 atom stereocenters. The normalized spacial score (nSPS) is 18.0. The number of fused-ring (bicyclic) bond motifs is 1. The molecule has 1 aliphatic rings. The molecule has 1 fully saturated rings. The van der Waals surface area contributed by atoms with Crippen molar-refractivity contribution in [2.75, 3.05) is 18.0 Å². The molecule has 1 aromatic carbocycles. The van der Waals surface area contributed by atoms with E-state index < -0.39 is 5.97 Å². The SMILES string of the molecule is Cc1ccc2oc(N3CCCC(Cn4cc(C(=O)O)nn4)C3)nc2c1. The number of aromatic carboxylic acids is 1. The zero-order valence-corrected chi connectivity index (χ0v) is 13.9. The highest BCUT2D eigenvalue weighted by molar-refractivity contribution is 5.84. The third-order valence-corrected chi connectivity index (χ3v) is 4.52. The predicted molar refractivity (Wildman–Crippen MR) is 90.7 cm³/mol. The molecule has 0 amide bonds. The van der Waals surface area contributed by atoms with Gasteiger partial charge in [0.05, 0.1) is 6.20 Å². The summed E-state index contributed by atoms with van der Waals surface area (Å²) in [4.78, 5) is 17.7. The van der Waals surface area contributed by atoms with Crippen LogP contribution in [0, 0.1) is 12.8 Å². The van der Waals surface area contributed by atoms with E-state index in [4.69, 9.17) is 9.52 Å². The molecule has 1 saturated heterocycles. The van der Waals surface area contributed by atoms with E-state index in [0.29, 0.717) is 18.5 Å². The first-order valence-electron chi connectivity index (χ1n) is 8.34. The fourth-order valence-electron chi connectivity index (χ4n) is 3.30. The monoisotopic (exact) mass is 341 g/mol. The van der Waals surface area contributed by atoms with Gasteiger partial charge in [-0.2, -0.15) is 4.98 Å². The molecule has 1 N–H and O–H groups in total. The predicted octanol–water partition coefficient (Wildman–Crippen LogP) is 2.34. The highest BCUT2D eigenvalue weighted by Gasteiger charge is 2.24. The zero-order valence-electron chi connectivity index (χ0n) is 13.9. The fraction of sp³-hybridized carbons (Fsp3) is 0.412. The third kappa shape index (κ3) is 3.19. The number of piperidine rings is 1. The fourth-order valence-corrected chi connectivity index (χ4v) is 3.30. The molecule has 130 valence electrons. The number of anilines is 1. The van der Waals surface area contributed by atoms with Crippen LogP contribution >= 0.6 is 0 Å². The van der Waals surface area contributed by atoms with Crippen molar-refractivity contribution in [2.24, 2.45) is 5.92 Å². The van der Waals surface area contributed by atoms with E-state index in [0.717, 1.165) is 42.6 Å². The van der Waals surface area contributed by atoms with Gasteiger partial charge in [0, 0.05) is 19.6 Å². The van der Waals surface area contributed by atoms with E-state index in [1.165, 1.54) is 6.20 Å². The zero-order chi connectivity index (χ0) is 17.4. The maximum atomic E-state index is 10.9. The molecule has 3 heterocycles. The molecule has 0 saturated carbocycles. The molecule has 0 spiro atoms. The number of nitrogens with zero attached hydrogens (tertiary/aromatic N) is 5. The minimum Gasteiger partial charge on any atom is -0.476 e. The second-order valence-electron chi connectivity index (χ2n) is 6.55. The van der Waals surface area contributed by atoms with Crippen LogP contribution in [0.5, 0.6) is 0 Å². The lowest BCUT2D eigenvalue weighted by atomic mass is 9.98. The summed E-state index contributed by atoms with van der Waals surface area (Å²) in [7, 11) is 0. The Bertz CT molecular complexity index is 916. The number of aromatic nitrogens is 4. The summed E-state index contributed by atoms with van der Waals surface area (Å²) in [6.07, 6.45) is 3.56. The number of hydrogen-bond acceptors (Lipinski definition) is 6. The van der Waals surface area contributed by atoms with Crippen LogP contribution in [-0.4, -0.2) is 44.1 Å². The molecule has 1 unspecified atom stereocenters. The second kappa shape index (κ2) is 6.19. The van der Waals surface area contributed by atoms with Crippen LogP contribution < -0.4 is 4.90 Å². The lowest BCUT2D eigenvalue weighted by molar-refractivity contribution is 0.0690. The quantitative estimate of drug-likeness (QED) is 0.778. The van der Waals surface area contributed by atoms with Gasteiger partial charge >= 0.3 is 5.97 Å². The molecule has 4 rings (SSSR count). The molecule has 25 heavy (non-hydrogen) atoms. The summed E-state index contributed by atoms with van der Waals surface area (Å²) in [6, 6.07) is 6.63. The highest BCUT2D eigenvalue weighted by Crippen LogP contribution is 2.27. The van der Waals surface area contributed by atoms with Crippen molar-refractivity contribution in [1.82, 2.24) is 20.0 Å². The molecule has 0 bridgehead atoms. The minimum absolute atomic E-state index is 0.0259. The number of benzene rings is 1. The Hall–Kier alpha value is -2.90. The molecular formula is C17H19N5O3. The maximum Gasteiger partial charge on any atom is 0.358 e. The van der Waals surface area contributed by atoms with Gasteiger partial charge in [-0.05, 0) is 43.4 Å².